The van der Waals surface area contributed by atoms with E-state index >= 15 is 0 Å². The van der Waals surface area contributed by atoms with Crippen LogP contribution in [0.15, 0.2) is 18.2 Å². The summed E-state index contributed by atoms with van der Waals surface area (Å²) in [4.78, 5) is 24.8. The highest BCUT2D eigenvalue weighted by Gasteiger charge is 2.33. The van der Waals surface area contributed by atoms with Gasteiger partial charge in [-0.25, -0.2) is 4.39 Å². The van der Waals surface area contributed by atoms with Crippen LogP contribution in [-0.4, -0.2) is 31.4 Å². The fourth-order valence-electron chi connectivity index (χ4n) is 2.33. The van der Waals surface area contributed by atoms with Crippen LogP contribution in [0.1, 0.15) is 25.5 Å². The first-order chi connectivity index (χ1) is 9.45. The number of para-hydroxylation sites is 1. The molecule has 0 spiro atoms. The van der Waals surface area contributed by atoms with Crippen molar-refractivity contribution in [3.8, 4) is 0 Å². The second-order valence-corrected chi connectivity index (χ2v) is 4.90. The minimum absolute atomic E-state index is 0.0305. The van der Waals surface area contributed by atoms with E-state index < -0.39 is 23.7 Å². The number of halogens is 1. The third kappa shape index (κ3) is 2.51. The monoisotopic (exact) mass is 279 g/mol. The Hall–Kier alpha value is -1.95. The number of anilines is 1. The number of carbonyl (C=O) groups is 2. The van der Waals surface area contributed by atoms with Crippen molar-refractivity contribution in [1.29, 1.82) is 0 Å². The molecule has 2 N–H and O–H groups in total. The smallest absolute Gasteiger partial charge is 0.249 e. The molecule has 1 heterocycles. The predicted molar refractivity (Wildman–Crippen MR) is 73.8 cm³/mol. The number of imide groups is 1. The number of hydrogen-bond acceptors (Lipinski definition) is 4. The second kappa shape index (κ2) is 5.58. The van der Waals surface area contributed by atoms with Crippen LogP contribution in [0.25, 0.3) is 0 Å². The molecule has 1 aromatic carbocycles. The number of amides is 2. The molecule has 5 nitrogen and oxygen atoms in total. The quantitative estimate of drug-likeness (QED) is 0.809. The predicted octanol–water partition coefficient (Wildman–Crippen LogP) is 0.957. The summed E-state index contributed by atoms with van der Waals surface area (Å²) in [6, 6.07) is 4.08. The van der Waals surface area contributed by atoms with Crippen molar-refractivity contribution in [3.05, 3.63) is 29.6 Å². The standard InChI is InChI=1S/C14H18FN3O2/c1-8(16-3)10-5-4-6-11(15)13(10)18-7-12(19)17-14(20)9(18)2/h4-6,8-9,16H,7H2,1-3H3,(H,17,19,20). The van der Waals surface area contributed by atoms with Crippen molar-refractivity contribution in [3.63, 3.8) is 0 Å². The second-order valence-electron chi connectivity index (χ2n) is 4.90. The lowest BCUT2D eigenvalue weighted by Crippen LogP contribution is -2.57. The van der Waals surface area contributed by atoms with Crippen molar-refractivity contribution >= 4 is 17.5 Å². The molecule has 0 aromatic heterocycles. The molecule has 2 unspecified atom stereocenters. The van der Waals surface area contributed by atoms with Crippen LogP contribution >= 0.6 is 0 Å². The SMILES string of the molecule is CNC(C)c1cccc(F)c1N1CC(=O)NC(=O)C1C. The Morgan fingerprint density at radius 2 is 2.15 bits per heavy atom. The fourth-order valence-corrected chi connectivity index (χ4v) is 2.33. The van der Waals surface area contributed by atoms with Gasteiger partial charge in [0.2, 0.25) is 11.8 Å². The highest BCUT2D eigenvalue weighted by Crippen LogP contribution is 2.31. The van der Waals surface area contributed by atoms with Gasteiger partial charge < -0.3 is 10.2 Å². The van der Waals surface area contributed by atoms with E-state index in [4.69, 9.17) is 0 Å². The zero-order valence-corrected chi connectivity index (χ0v) is 11.7. The van der Waals surface area contributed by atoms with Crippen molar-refractivity contribution in [2.45, 2.75) is 25.9 Å². The summed E-state index contributed by atoms with van der Waals surface area (Å²) in [5, 5.41) is 5.30. The molecule has 1 aliphatic rings. The summed E-state index contributed by atoms with van der Waals surface area (Å²) >= 11 is 0. The van der Waals surface area contributed by atoms with Crippen LogP contribution in [-0.2, 0) is 9.59 Å². The molecule has 6 heteroatoms. The lowest BCUT2D eigenvalue weighted by molar-refractivity contribution is -0.132. The molecule has 20 heavy (non-hydrogen) atoms. The first-order valence-electron chi connectivity index (χ1n) is 6.51. The van der Waals surface area contributed by atoms with Gasteiger partial charge in [0.1, 0.15) is 11.9 Å². The van der Waals surface area contributed by atoms with Crippen LogP contribution in [0.2, 0.25) is 0 Å². The van der Waals surface area contributed by atoms with Gasteiger partial charge in [-0.3, -0.25) is 14.9 Å². The molecule has 2 atom stereocenters. The van der Waals surface area contributed by atoms with Gasteiger partial charge in [0.25, 0.3) is 0 Å². The van der Waals surface area contributed by atoms with Crippen LogP contribution in [0, 0.1) is 5.82 Å². The summed E-state index contributed by atoms with van der Waals surface area (Å²) in [5.41, 5.74) is 1.03. The topological polar surface area (TPSA) is 61.4 Å². The number of hydrogen-bond donors (Lipinski definition) is 2. The third-order valence-electron chi connectivity index (χ3n) is 3.63. The number of carbonyl (C=O) groups excluding carboxylic acids is 2. The largest absolute Gasteiger partial charge is 0.348 e. The molecule has 1 aromatic rings. The Balaban J connectivity index is 2.50. The first-order valence-corrected chi connectivity index (χ1v) is 6.51. The number of benzene rings is 1. The van der Waals surface area contributed by atoms with Crippen molar-refractivity contribution in [2.24, 2.45) is 0 Å². The third-order valence-corrected chi connectivity index (χ3v) is 3.63. The summed E-state index contributed by atoms with van der Waals surface area (Å²) in [7, 11) is 1.77. The van der Waals surface area contributed by atoms with E-state index in [1.165, 1.54) is 11.0 Å². The summed E-state index contributed by atoms with van der Waals surface area (Å²) in [6.07, 6.45) is 0. The van der Waals surface area contributed by atoms with Crippen LogP contribution < -0.4 is 15.5 Å². The molecule has 1 aliphatic heterocycles. The molecule has 1 saturated heterocycles. The molecule has 2 amide bonds. The van der Waals surface area contributed by atoms with Crippen molar-refractivity contribution in [2.75, 3.05) is 18.5 Å². The molecule has 108 valence electrons. The minimum Gasteiger partial charge on any atom is -0.348 e. The minimum atomic E-state index is -0.590. The van der Waals surface area contributed by atoms with Crippen LogP contribution in [0.3, 0.4) is 0 Å². The normalized spacial score (nSPS) is 20.8. The molecule has 2 rings (SSSR count). The summed E-state index contributed by atoms with van der Waals surface area (Å²) in [6.45, 7) is 3.52. The van der Waals surface area contributed by atoms with Gasteiger partial charge in [0, 0.05) is 6.04 Å². The Morgan fingerprint density at radius 1 is 1.45 bits per heavy atom. The fraction of sp³-hybridized carbons (Fsp3) is 0.429. The maximum atomic E-state index is 14.2. The molecule has 0 radical (unpaired) electrons. The van der Waals surface area contributed by atoms with Crippen molar-refractivity contribution in [1.82, 2.24) is 10.6 Å². The van der Waals surface area contributed by atoms with E-state index in [1.54, 1.807) is 26.1 Å². The molecule has 0 aliphatic carbocycles. The number of nitrogens with zero attached hydrogens (tertiary/aromatic N) is 1. The van der Waals surface area contributed by atoms with Gasteiger partial charge in [-0.05, 0) is 32.5 Å². The van der Waals surface area contributed by atoms with Gasteiger partial charge >= 0.3 is 0 Å². The van der Waals surface area contributed by atoms with E-state index in [0.717, 1.165) is 5.56 Å². The molecule has 0 bridgehead atoms. The van der Waals surface area contributed by atoms with E-state index in [2.05, 4.69) is 10.6 Å². The molecular formula is C14H18FN3O2. The molecule has 0 saturated carbocycles. The van der Waals surface area contributed by atoms with Crippen molar-refractivity contribution < 1.29 is 14.0 Å². The first kappa shape index (κ1) is 14.5. The maximum absolute atomic E-state index is 14.2. The maximum Gasteiger partial charge on any atom is 0.249 e. The zero-order valence-electron chi connectivity index (χ0n) is 11.7. The lowest BCUT2D eigenvalue weighted by atomic mass is 10.0. The highest BCUT2D eigenvalue weighted by molar-refractivity contribution is 6.04. The van der Waals surface area contributed by atoms with E-state index in [9.17, 15) is 14.0 Å². The zero-order chi connectivity index (χ0) is 14.9. The van der Waals surface area contributed by atoms with E-state index in [1.807, 2.05) is 6.92 Å². The van der Waals surface area contributed by atoms with E-state index in [-0.39, 0.29) is 12.6 Å². The van der Waals surface area contributed by atoms with Gasteiger partial charge in [0.15, 0.2) is 0 Å². The van der Waals surface area contributed by atoms with E-state index in [0.29, 0.717) is 5.69 Å². The van der Waals surface area contributed by atoms with Gasteiger partial charge in [-0.2, -0.15) is 0 Å². The molecular weight excluding hydrogens is 261 g/mol. The average Bonchev–Trinajstić information content (AvgIpc) is 2.42. The Labute approximate surface area is 117 Å². The van der Waals surface area contributed by atoms with Crippen LogP contribution in [0.5, 0.6) is 0 Å². The van der Waals surface area contributed by atoms with Crippen LogP contribution in [0.4, 0.5) is 10.1 Å². The summed E-state index contributed by atoms with van der Waals surface area (Å²) in [5.74, 6) is -1.26. The Bertz CT molecular complexity index is 547. The lowest BCUT2D eigenvalue weighted by Gasteiger charge is -2.35. The number of piperazine rings is 1. The average molecular weight is 279 g/mol. The number of nitrogens with one attached hydrogen (secondary N) is 2. The number of rotatable bonds is 3. The van der Waals surface area contributed by atoms with Gasteiger partial charge in [0.05, 0.1) is 12.2 Å². The Morgan fingerprint density at radius 3 is 2.80 bits per heavy atom. The molecule has 1 fully saturated rings. The highest BCUT2D eigenvalue weighted by atomic mass is 19.1. The van der Waals surface area contributed by atoms with Gasteiger partial charge in [-0.15, -0.1) is 0 Å². The Kier molecular flexibility index (Phi) is 4.04. The summed E-state index contributed by atoms with van der Waals surface area (Å²) < 4.78 is 14.2. The van der Waals surface area contributed by atoms with Gasteiger partial charge in [-0.1, -0.05) is 12.1 Å².